The molecule has 0 bridgehead atoms. The van der Waals surface area contributed by atoms with Crippen LogP contribution in [0.2, 0.25) is 0 Å². The average molecular weight is 682 g/mol. The first-order valence-corrected chi connectivity index (χ1v) is 19.8. The van der Waals surface area contributed by atoms with Gasteiger partial charge in [-0.2, -0.15) is 10.2 Å². The van der Waals surface area contributed by atoms with E-state index in [-0.39, 0.29) is 0 Å². The van der Waals surface area contributed by atoms with Gasteiger partial charge in [-0.25, -0.2) is 9.36 Å². The minimum absolute atomic E-state index is 0.329. The van der Waals surface area contributed by atoms with Crippen LogP contribution in [-0.2, 0) is 0 Å². The van der Waals surface area contributed by atoms with Gasteiger partial charge in [-0.15, -0.1) is 0 Å². The second-order valence-electron chi connectivity index (χ2n) is 17.0. The van der Waals surface area contributed by atoms with Crippen LogP contribution in [0.4, 0.5) is 17.1 Å². The van der Waals surface area contributed by atoms with Crippen molar-refractivity contribution in [3.8, 4) is 11.4 Å². The molecule has 0 aliphatic heterocycles. The van der Waals surface area contributed by atoms with E-state index in [2.05, 4.69) is 159 Å². The van der Waals surface area contributed by atoms with E-state index in [9.17, 15) is 0 Å². The maximum absolute atomic E-state index is 4.97. The van der Waals surface area contributed by atoms with Crippen molar-refractivity contribution in [3.05, 3.63) is 115 Å². The summed E-state index contributed by atoms with van der Waals surface area (Å²) in [5.41, 5.74) is 8.83. The fourth-order valence-electron chi connectivity index (χ4n) is 10.4. The molecular weight excluding hydrogens is 623 g/mol. The van der Waals surface area contributed by atoms with Crippen molar-refractivity contribution in [2.45, 2.75) is 118 Å². The molecule has 2 aliphatic rings. The van der Waals surface area contributed by atoms with Crippen molar-refractivity contribution < 1.29 is 0 Å². The molecule has 2 aromatic heterocycles. The van der Waals surface area contributed by atoms with Crippen molar-refractivity contribution in [2.24, 2.45) is 22.7 Å². The van der Waals surface area contributed by atoms with Gasteiger partial charge in [-0.3, -0.25) is 0 Å². The van der Waals surface area contributed by atoms with Crippen LogP contribution in [0, 0.1) is 22.7 Å². The molecule has 0 N–H and O–H groups in total. The van der Waals surface area contributed by atoms with E-state index in [1.807, 2.05) is 0 Å². The number of benzene rings is 3. The average Bonchev–Trinajstić information content (AvgIpc) is 3.80. The highest BCUT2D eigenvalue weighted by Gasteiger charge is 2.40. The molecule has 0 amide bonds. The second kappa shape index (κ2) is 14.9. The molecule has 2 fully saturated rings. The molecule has 7 rings (SSSR count). The normalized spacial score (nSPS) is 18.5. The standard InChI is InChI=1S/C46H59N5/c1-34(2)43(45(5)24-12-8-13-25-45)36-30-47-49(32-36)39-20-16-22-41(28-39)51(38-18-10-7-11-19-38)42-23-17-21-40(29-42)50-33-37(31-48-50)44(35(3)4)46(6)26-14-9-15-27-46/h7,10-11,16-23,28-35,43-44H,8-9,12-15,24-27H2,1-6H3. The Labute approximate surface area is 307 Å². The minimum Gasteiger partial charge on any atom is -0.310 e. The van der Waals surface area contributed by atoms with Crippen LogP contribution in [0.3, 0.4) is 0 Å². The molecule has 2 atom stereocenters. The van der Waals surface area contributed by atoms with Gasteiger partial charge in [-0.1, -0.05) is 110 Å². The summed E-state index contributed by atoms with van der Waals surface area (Å²) in [6.45, 7) is 14.6. The lowest BCUT2D eigenvalue weighted by Crippen LogP contribution is -2.31. The predicted octanol–water partition coefficient (Wildman–Crippen LogP) is 12.9. The van der Waals surface area contributed by atoms with Crippen molar-refractivity contribution in [1.29, 1.82) is 0 Å². The van der Waals surface area contributed by atoms with Crippen molar-refractivity contribution >= 4 is 17.1 Å². The van der Waals surface area contributed by atoms with E-state index < -0.39 is 0 Å². The summed E-state index contributed by atoms with van der Waals surface area (Å²) in [7, 11) is 0. The molecule has 2 aliphatic carbocycles. The van der Waals surface area contributed by atoms with Crippen molar-refractivity contribution in [3.63, 3.8) is 0 Å². The van der Waals surface area contributed by atoms with Crippen LogP contribution in [0.15, 0.2) is 104 Å². The Morgan fingerprint density at radius 1 is 0.529 bits per heavy atom. The summed E-state index contributed by atoms with van der Waals surface area (Å²) in [5, 5.41) is 9.94. The smallest absolute Gasteiger partial charge is 0.0666 e. The molecular formula is C46H59N5. The zero-order chi connectivity index (χ0) is 35.6. The van der Waals surface area contributed by atoms with Crippen LogP contribution >= 0.6 is 0 Å². The summed E-state index contributed by atoms with van der Waals surface area (Å²) in [6.07, 6.45) is 22.2. The first kappa shape index (κ1) is 35.3. The first-order valence-electron chi connectivity index (χ1n) is 19.8. The summed E-state index contributed by atoms with van der Waals surface area (Å²) < 4.78 is 4.17. The number of rotatable bonds is 11. The Hall–Kier alpha value is -4.12. The van der Waals surface area contributed by atoms with Gasteiger partial charge in [0, 0.05) is 29.5 Å². The minimum atomic E-state index is 0.329. The molecule has 51 heavy (non-hydrogen) atoms. The van der Waals surface area contributed by atoms with Gasteiger partial charge in [0.25, 0.3) is 0 Å². The monoisotopic (exact) mass is 681 g/mol. The van der Waals surface area contributed by atoms with Gasteiger partial charge in [0.2, 0.25) is 0 Å². The van der Waals surface area contributed by atoms with Crippen molar-refractivity contribution in [2.75, 3.05) is 4.90 Å². The fourth-order valence-corrected chi connectivity index (χ4v) is 10.4. The molecule has 268 valence electrons. The van der Waals surface area contributed by atoms with Crippen LogP contribution in [-0.4, -0.2) is 19.6 Å². The number of para-hydroxylation sites is 1. The molecule has 0 radical (unpaired) electrons. The Morgan fingerprint density at radius 2 is 0.941 bits per heavy atom. The third-order valence-corrected chi connectivity index (χ3v) is 12.5. The lowest BCUT2D eigenvalue weighted by atomic mass is 9.62. The lowest BCUT2D eigenvalue weighted by Gasteiger charge is -2.42. The maximum Gasteiger partial charge on any atom is 0.0666 e. The third-order valence-electron chi connectivity index (χ3n) is 12.5. The quantitative estimate of drug-likeness (QED) is 0.139. The number of hydrogen-bond acceptors (Lipinski definition) is 3. The molecule has 0 saturated heterocycles. The van der Waals surface area contributed by atoms with Gasteiger partial charge < -0.3 is 4.90 Å². The summed E-state index contributed by atoms with van der Waals surface area (Å²) in [6, 6.07) is 28.3. The molecule has 2 heterocycles. The number of anilines is 3. The van der Waals surface area contributed by atoms with Gasteiger partial charge in [-0.05, 0) is 120 Å². The van der Waals surface area contributed by atoms with Crippen LogP contribution < -0.4 is 4.90 Å². The van der Waals surface area contributed by atoms with E-state index in [1.54, 1.807) is 0 Å². The van der Waals surface area contributed by atoms with E-state index in [4.69, 9.17) is 10.2 Å². The number of nitrogens with zero attached hydrogens (tertiary/aromatic N) is 5. The topological polar surface area (TPSA) is 38.9 Å². The van der Waals surface area contributed by atoms with Gasteiger partial charge in [0.05, 0.1) is 23.8 Å². The highest BCUT2D eigenvalue weighted by atomic mass is 15.3. The van der Waals surface area contributed by atoms with E-state index in [0.29, 0.717) is 34.5 Å². The first-order chi connectivity index (χ1) is 24.6. The maximum atomic E-state index is 4.97. The zero-order valence-corrected chi connectivity index (χ0v) is 31.9. The highest BCUT2D eigenvalue weighted by Crippen LogP contribution is 2.51. The Morgan fingerprint density at radius 3 is 1.35 bits per heavy atom. The van der Waals surface area contributed by atoms with Crippen LogP contribution in [0.5, 0.6) is 0 Å². The summed E-state index contributed by atoms with van der Waals surface area (Å²) >= 11 is 0. The number of aromatic nitrogens is 4. The Balaban J connectivity index is 1.22. The Kier molecular flexibility index (Phi) is 10.3. The van der Waals surface area contributed by atoms with Gasteiger partial charge >= 0.3 is 0 Å². The highest BCUT2D eigenvalue weighted by molar-refractivity contribution is 5.78. The van der Waals surface area contributed by atoms with E-state index in [0.717, 1.165) is 28.4 Å². The fraction of sp³-hybridized carbons (Fsp3) is 0.478. The molecule has 2 saturated carbocycles. The third kappa shape index (κ3) is 7.32. The second-order valence-corrected chi connectivity index (χ2v) is 17.0. The largest absolute Gasteiger partial charge is 0.310 e. The Bertz CT molecular complexity index is 1750. The van der Waals surface area contributed by atoms with E-state index in [1.165, 1.54) is 75.3 Å². The predicted molar refractivity (Wildman–Crippen MR) is 213 cm³/mol. The van der Waals surface area contributed by atoms with Crippen molar-refractivity contribution in [1.82, 2.24) is 19.6 Å². The zero-order valence-electron chi connectivity index (χ0n) is 31.9. The molecule has 5 aromatic rings. The van der Waals surface area contributed by atoms with Crippen LogP contribution in [0.1, 0.15) is 129 Å². The molecule has 5 nitrogen and oxygen atoms in total. The van der Waals surface area contributed by atoms with E-state index >= 15 is 0 Å². The molecule has 3 aromatic carbocycles. The van der Waals surface area contributed by atoms with Gasteiger partial charge in [0.1, 0.15) is 0 Å². The summed E-state index contributed by atoms with van der Waals surface area (Å²) in [4.78, 5) is 2.35. The molecule has 0 spiro atoms. The van der Waals surface area contributed by atoms with Gasteiger partial charge in [0.15, 0.2) is 0 Å². The lowest BCUT2D eigenvalue weighted by molar-refractivity contribution is 0.137. The molecule has 2 unspecified atom stereocenters. The molecule has 5 heteroatoms. The SMILES string of the molecule is CC(C)C(c1cnn(-c2cccc(N(c3ccccc3)c3cccc(-n4cc(C(C(C)C)C5(C)CCCCC5)cn4)c3)c2)c1)C1(C)CCCCC1. The number of hydrogen-bond donors (Lipinski definition) is 0. The van der Waals surface area contributed by atoms with Crippen LogP contribution in [0.25, 0.3) is 11.4 Å². The summed E-state index contributed by atoms with van der Waals surface area (Å²) in [5.74, 6) is 2.13.